The zero-order valence-electron chi connectivity index (χ0n) is 11.3. The molecule has 104 valence electrons. The molecule has 0 atom stereocenters. The number of fused-ring (bicyclic) bond motifs is 1. The van der Waals surface area contributed by atoms with Crippen LogP contribution in [0, 0.1) is 12.7 Å². The molecule has 0 saturated carbocycles. The average Bonchev–Trinajstić information content (AvgIpc) is 2.44. The summed E-state index contributed by atoms with van der Waals surface area (Å²) in [6, 6.07) is 6.54. The highest BCUT2D eigenvalue weighted by atomic mass is 19.1. The lowest BCUT2D eigenvalue weighted by Gasteiger charge is -2.19. The van der Waals surface area contributed by atoms with E-state index < -0.39 is 0 Å². The fraction of sp³-hybridized carbons (Fsp3) is 0.333. The molecular formula is C15H16FN3O. The Bertz CT molecular complexity index is 631. The third kappa shape index (κ3) is 2.71. The summed E-state index contributed by atoms with van der Waals surface area (Å²) in [6.07, 6.45) is 1.87. The van der Waals surface area contributed by atoms with E-state index in [2.05, 4.69) is 15.3 Å². The second-order valence-electron chi connectivity index (χ2n) is 4.84. The number of nitrogens with zero attached hydrogens (tertiary/aromatic N) is 2. The SMILES string of the molecule is Cc1nc(NCc2cccc(F)c2)c2c(n1)OCCC2. The first-order valence-electron chi connectivity index (χ1n) is 6.71. The van der Waals surface area contributed by atoms with Gasteiger partial charge in [-0.05, 0) is 37.5 Å². The van der Waals surface area contributed by atoms with Crippen molar-refractivity contribution in [3.63, 3.8) is 0 Å². The summed E-state index contributed by atoms with van der Waals surface area (Å²) >= 11 is 0. The Morgan fingerprint density at radius 3 is 3.10 bits per heavy atom. The molecule has 1 aliphatic heterocycles. The molecule has 2 heterocycles. The van der Waals surface area contributed by atoms with Gasteiger partial charge < -0.3 is 10.1 Å². The lowest BCUT2D eigenvalue weighted by molar-refractivity contribution is 0.275. The number of hydrogen-bond donors (Lipinski definition) is 1. The largest absolute Gasteiger partial charge is 0.477 e. The first kappa shape index (κ1) is 12.8. The summed E-state index contributed by atoms with van der Waals surface area (Å²) < 4.78 is 18.7. The van der Waals surface area contributed by atoms with Crippen LogP contribution in [0.1, 0.15) is 23.4 Å². The summed E-state index contributed by atoms with van der Waals surface area (Å²) in [5, 5.41) is 3.26. The van der Waals surface area contributed by atoms with E-state index in [4.69, 9.17) is 4.74 Å². The minimum absolute atomic E-state index is 0.228. The second kappa shape index (κ2) is 5.45. The van der Waals surface area contributed by atoms with Crippen LogP contribution >= 0.6 is 0 Å². The van der Waals surface area contributed by atoms with Gasteiger partial charge in [-0.1, -0.05) is 12.1 Å². The molecular weight excluding hydrogens is 257 g/mol. The molecule has 2 aromatic rings. The first-order valence-corrected chi connectivity index (χ1v) is 6.71. The minimum Gasteiger partial charge on any atom is -0.477 e. The molecule has 0 bridgehead atoms. The summed E-state index contributed by atoms with van der Waals surface area (Å²) in [7, 11) is 0. The van der Waals surface area contributed by atoms with Crippen molar-refractivity contribution >= 4 is 5.82 Å². The molecule has 1 N–H and O–H groups in total. The van der Waals surface area contributed by atoms with Crippen LogP contribution in [0.15, 0.2) is 24.3 Å². The van der Waals surface area contributed by atoms with Crippen molar-refractivity contribution in [2.45, 2.75) is 26.3 Å². The van der Waals surface area contributed by atoms with Crippen LogP contribution in [-0.2, 0) is 13.0 Å². The predicted molar refractivity (Wildman–Crippen MR) is 74.3 cm³/mol. The van der Waals surface area contributed by atoms with Crippen molar-refractivity contribution in [2.75, 3.05) is 11.9 Å². The molecule has 0 radical (unpaired) electrons. The van der Waals surface area contributed by atoms with E-state index in [0.717, 1.165) is 29.8 Å². The van der Waals surface area contributed by atoms with Crippen molar-refractivity contribution in [1.29, 1.82) is 0 Å². The van der Waals surface area contributed by atoms with Gasteiger partial charge in [0, 0.05) is 6.54 Å². The van der Waals surface area contributed by atoms with Gasteiger partial charge in [0.2, 0.25) is 5.88 Å². The Hall–Kier alpha value is -2.17. The number of ether oxygens (including phenoxy) is 1. The highest BCUT2D eigenvalue weighted by Gasteiger charge is 2.17. The summed E-state index contributed by atoms with van der Waals surface area (Å²) in [4.78, 5) is 8.74. The van der Waals surface area contributed by atoms with Crippen LogP contribution < -0.4 is 10.1 Å². The van der Waals surface area contributed by atoms with Gasteiger partial charge in [0.25, 0.3) is 0 Å². The van der Waals surface area contributed by atoms with Crippen LogP contribution in [-0.4, -0.2) is 16.6 Å². The molecule has 0 fully saturated rings. The number of halogens is 1. The fourth-order valence-electron chi connectivity index (χ4n) is 2.31. The van der Waals surface area contributed by atoms with Crippen molar-refractivity contribution in [1.82, 2.24) is 9.97 Å². The smallest absolute Gasteiger partial charge is 0.222 e. The van der Waals surface area contributed by atoms with E-state index >= 15 is 0 Å². The third-order valence-electron chi connectivity index (χ3n) is 3.24. The Morgan fingerprint density at radius 2 is 2.25 bits per heavy atom. The van der Waals surface area contributed by atoms with Gasteiger partial charge >= 0.3 is 0 Å². The molecule has 0 aliphatic carbocycles. The highest BCUT2D eigenvalue weighted by Crippen LogP contribution is 2.28. The highest BCUT2D eigenvalue weighted by molar-refractivity contribution is 5.50. The van der Waals surface area contributed by atoms with E-state index in [1.807, 2.05) is 13.0 Å². The Kier molecular flexibility index (Phi) is 3.50. The molecule has 3 rings (SSSR count). The fourth-order valence-corrected chi connectivity index (χ4v) is 2.31. The maximum absolute atomic E-state index is 13.2. The van der Waals surface area contributed by atoms with E-state index in [1.54, 1.807) is 6.07 Å². The van der Waals surface area contributed by atoms with Gasteiger partial charge in [-0.25, -0.2) is 9.37 Å². The van der Waals surface area contributed by atoms with Gasteiger partial charge in [-0.15, -0.1) is 0 Å². The lowest BCUT2D eigenvalue weighted by Crippen LogP contribution is -2.15. The van der Waals surface area contributed by atoms with Crippen molar-refractivity contribution in [3.8, 4) is 5.88 Å². The topological polar surface area (TPSA) is 47.0 Å². The molecule has 0 spiro atoms. The molecule has 5 heteroatoms. The van der Waals surface area contributed by atoms with Gasteiger partial charge in [0.1, 0.15) is 17.5 Å². The number of anilines is 1. The zero-order chi connectivity index (χ0) is 13.9. The van der Waals surface area contributed by atoms with E-state index in [9.17, 15) is 4.39 Å². The normalized spacial score (nSPS) is 13.5. The maximum atomic E-state index is 13.2. The van der Waals surface area contributed by atoms with Crippen LogP contribution in [0.5, 0.6) is 5.88 Å². The third-order valence-corrected chi connectivity index (χ3v) is 3.24. The Morgan fingerprint density at radius 1 is 1.35 bits per heavy atom. The van der Waals surface area contributed by atoms with Gasteiger partial charge in [0.15, 0.2) is 0 Å². The number of aromatic nitrogens is 2. The summed E-state index contributed by atoms with van der Waals surface area (Å²) in [5.41, 5.74) is 1.89. The monoisotopic (exact) mass is 273 g/mol. The molecule has 0 unspecified atom stereocenters. The van der Waals surface area contributed by atoms with Crippen molar-refractivity contribution in [3.05, 3.63) is 47.0 Å². The van der Waals surface area contributed by atoms with Crippen LogP contribution in [0.25, 0.3) is 0 Å². The summed E-state index contributed by atoms with van der Waals surface area (Å²) in [6.45, 7) is 3.07. The van der Waals surface area contributed by atoms with Crippen LogP contribution in [0.4, 0.5) is 10.2 Å². The van der Waals surface area contributed by atoms with Gasteiger partial charge in [0.05, 0.1) is 12.2 Å². The molecule has 1 aromatic heterocycles. The molecule has 20 heavy (non-hydrogen) atoms. The molecule has 0 amide bonds. The summed E-state index contributed by atoms with van der Waals surface area (Å²) in [5.74, 6) is 1.91. The number of aryl methyl sites for hydroxylation is 1. The quantitative estimate of drug-likeness (QED) is 0.934. The molecule has 0 saturated heterocycles. The number of hydrogen-bond acceptors (Lipinski definition) is 4. The second-order valence-corrected chi connectivity index (χ2v) is 4.84. The zero-order valence-corrected chi connectivity index (χ0v) is 11.3. The first-order chi connectivity index (χ1) is 9.72. The van der Waals surface area contributed by atoms with Crippen LogP contribution in [0.3, 0.4) is 0 Å². The van der Waals surface area contributed by atoms with E-state index in [-0.39, 0.29) is 5.82 Å². The standard InChI is InChI=1S/C15H16FN3O/c1-10-18-14(13-6-3-7-20-15(13)19-10)17-9-11-4-2-5-12(16)8-11/h2,4-5,8H,3,6-7,9H2,1H3,(H,17,18,19). The molecule has 1 aromatic carbocycles. The van der Waals surface area contributed by atoms with Gasteiger partial charge in [-0.2, -0.15) is 4.98 Å². The Balaban J connectivity index is 1.82. The lowest BCUT2D eigenvalue weighted by atomic mass is 10.1. The van der Waals surface area contributed by atoms with Gasteiger partial charge in [-0.3, -0.25) is 0 Å². The minimum atomic E-state index is -0.228. The molecule has 1 aliphatic rings. The van der Waals surface area contributed by atoms with Crippen molar-refractivity contribution in [2.24, 2.45) is 0 Å². The van der Waals surface area contributed by atoms with Crippen LogP contribution in [0.2, 0.25) is 0 Å². The number of benzene rings is 1. The van der Waals surface area contributed by atoms with E-state index in [0.29, 0.717) is 24.9 Å². The Labute approximate surface area is 117 Å². The number of nitrogens with one attached hydrogen (secondary N) is 1. The maximum Gasteiger partial charge on any atom is 0.222 e. The molecule has 4 nitrogen and oxygen atoms in total. The number of rotatable bonds is 3. The van der Waals surface area contributed by atoms with E-state index in [1.165, 1.54) is 12.1 Å². The average molecular weight is 273 g/mol. The van der Waals surface area contributed by atoms with Crippen molar-refractivity contribution < 1.29 is 9.13 Å². The predicted octanol–water partition coefficient (Wildman–Crippen LogP) is 2.86.